The first kappa shape index (κ1) is 20.7. The van der Waals surface area contributed by atoms with E-state index in [1.807, 2.05) is 41.8 Å². The van der Waals surface area contributed by atoms with Crippen LogP contribution in [-0.4, -0.2) is 29.0 Å². The second kappa shape index (κ2) is 9.01. The van der Waals surface area contributed by atoms with Gasteiger partial charge in [0.25, 0.3) is 0 Å². The van der Waals surface area contributed by atoms with Crippen LogP contribution in [0.4, 0.5) is 0 Å². The zero-order valence-corrected chi connectivity index (χ0v) is 17.6. The van der Waals surface area contributed by atoms with Crippen LogP contribution in [0.25, 0.3) is 21.7 Å². The van der Waals surface area contributed by atoms with Gasteiger partial charge in [-0.1, -0.05) is 54.6 Å². The van der Waals surface area contributed by atoms with Gasteiger partial charge in [-0.05, 0) is 31.9 Å². The third-order valence-corrected chi connectivity index (χ3v) is 5.30. The summed E-state index contributed by atoms with van der Waals surface area (Å²) in [5.41, 5.74) is 2.84. The molecule has 2 aromatic carbocycles. The molecule has 0 aliphatic carbocycles. The molecule has 0 saturated carbocycles. The molecule has 29 heavy (non-hydrogen) atoms. The normalized spacial score (nSPS) is 11.1. The lowest BCUT2D eigenvalue weighted by Gasteiger charge is -2.23. The number of ether oxygens (including phenoxy) is 1. The van der Waals surface area contributed by atoms with Gasteiger partial charge in [-0.15, -0.1) is 11.3 Å². The van der Waals surface area contributed by atoms with E-state index < -0.39 is 11.5 Å². The molecule has 0 spiro atoms. The van der Waals surface area contributed by atoms with Crippen LogP contribution in [0.1, 0.15) is 26.5 Å². The lowest BCUT2D eigenvalue weighted by molar-refractivity contribution is -0.151. The van der Waals surface area contributed by atoms with Gasteiger partial charge >= 0.3 is 5.97 Å². The summed E-state index contributed by atoms with van der Waals surface area (Å²) in [6.45, 7) is 5.27. The number of carbonyl (C=O) groups is 2. The topological polar surface area (TPSA) is 68.3 Å². The van der Waals surface area contributed by atoms with E-state index in [1.165, 1.54) is 11.3 Å². The maximum atomic E-state index is 12.4. The van der Waals surface area contributed by atoms with Crippen LogP contribution in [0.3, 0.4) is 0 Å². The van der Waals surface area contributed by atoms with Crippen molar-refractivity contribution in [2.75, 3.05) is 6.61 Å². The van der Waals surface area contributed by atoms with Gasteiger partial charge in [0.1, 0.15) is 10.5 Å². The zero-order valence-electron chi connectivity index (χ0n) is 16.8. The van der Waals surface area contributed by atoms with Crippen molar-refractivity contribution in [3.05, 3.63) is 65.7 Å². The maximum Gasteiger partial charge on any atom is 0.331 e. The lowest BCUT2D eigenvalue weighted by atomic mass is 10.0. The van der Waals surface area contributed by atoms with Gasteiger partial charge in [0, 0.05) is 10.9 Å². The number of esters is 1. The average molecular weight is 409 g/mol. The van der Waals surface area contributed by atoms with Crippen molar-refractivity contribution in [1.82, 2.24) is 10.3 Å². The van der Waals surface area contributed by atoms with Gasteiger partial charge in [-0.25, -0.2) is 9.78 Å². The van der Waals surface area contributed by atoms with E-state index in [9.17, 15) is 9.59 Å². The second-order valence-electron chi connectivity index (χ2n) is 7.13. The highest BCUT2D eigenvalue weighted by Crippen LogP contribution is 2.33. The first-order valence-electron chi connectivity index (χ1n) is 9.48. The van der Waals surface area contributed by atoms with E-state index in [1.54, 1.807) is 20.8 Å². The molecule has 3 aromatic rings. The number of rotatable bonds is 7. The van der Waals surface area contributed by atoms with E-state index in [4.69, 9.17) is 4.74 Å². The minimum atomic E-state index is -1.08. The fourth-order valence-electron chi connectivity index (χ4n) is 2.97. The molecule has 0 fully saturated rings. The summed E-state index contributed by atoms with van der Waals surface area (Å²) < 4.78 is 5.01. The third-order valence-electron chi connectivity index (χ3n) is 4.37. The predicted molar refractivity (Wildman–Crippen MR) is 116 cm³/mol. The van der Waals surface area contributed by atoms with Gasteiger partial charge in [0.05, 0.1) is 18.7 Å². The van der Waals surface area contributed by atoms with Crippen molar-refractivity contribution in [3.63, 3.8) is 0 Å². The molecule has 0 bridgehead atoms. The number of benzene rings is 2. The van der Waals surface area contributed by atoms with E-state index in [0.29, 0.717) is 5.69 Å². The Morgan fingerprint density at radius 1 is 1.03 bits per heavy atom. The smallest absolute Gasteiger partial charge is 0.331 e. The zero-order chi connectivity index (χ0) is 20.9. The van der Waals surface area contributed by atoms with Crippen molar-refractivity contribution in [2.45, 2.75) is 32.7 Å². The Balaban J connectivity index is 1.76. The van der Waals surface area contributed by atoms with Crippen molar-refractivity contribution in [1.29, 1.82) is 0 Å². The number of carbonyl (C=O) groups excluding carboxylic acids is 2. The Morgan fingerprint density at radius 3 is 2.38 bits per heavy atom. The molecule has 0 aliphatic rings. The van der Waals surface area contributed by atoms with E-state index in [-0.39, 0.29) is 18.9 Å². The quantitative estimate of drug-likeness (QED) is 0.586. The molecule has 1 aromatic heterocycles. The van der Waals surface area contributed by atoms with E-state index >= 15 is 0 Å². The van der Waals surface area contributed by atoms with Crippen LogP contribution in [0.15, 0.2) is 60.0 Å². The van der Waals surface area contributed by atoms with Crippen LogP contribution in [0, 0.1) is 0 Å². The van der Waals surface area contributed by atoms with Gasteiger partial charge in [-0.2, -0.15) is 0 Å². The number of amides is 1. The van der Waals surface area contributed by atoms with Crippen LogP contribution in [-0.2, 0) is 20.7 Å². The summed E-state index contributed by atoms with van der Waals surface area (Å²) in [4.78, 5) is 29.0. The Labute approximate surface area is 174 Å². The SMILES string of the molecule is CCOC(=O)C(C)(C)NC(=O)Cc1csc(-c2ccccc2-c2ccccc2)n1. The van der Waals surface area contributed by atoms with Gasteiger partial charge in [0.2, 0.25) is 5.91 Å². The highest BCUT2D eigenvalue weighted by molar-refractivity contribution is 7.13. The van der Waals surface area contributed by atoms with Crippen LogP contribution >= 0.6 is 11.3 Å². The van der Waals surface area contributed by atoms with Crippen molar-refractivity contribution in [3.8, 4) is 21.7 Å². The number of aromatic nitrogens is 1. The minimum absolute atomic E-state index is 0.104. The molecule has 150 valence electrons. The fraction of sp³-hybridized carbons (Fsp3) is 0.261. The summed E-state index contributed by atoms with van der Waals surface area (Å²) in [5.74, 6) is -0.722. The molecular weight excluding hydrogens is 384 g/mol. The lowest BCUT2D eigenvalue weighted by Crippen LogP contribution is -2.51. The molecule has 1 amide bonds. The average Bonchev–Trinajstić information content (AvgIpc) is 3.16. The Kier molecular flexibility index (Phi) is 6.44. The summed E-state index contributed by atoms with van der Waals surface area (Å²) in [5, 5.41) is 5.47. The van der Waals surface area contributed by atoms with Crippen LogP contribution < -0.4 is 5.32 Å². The molecule has 0 aliphatic heterocycles. The highest BCUT2D eigenvalue weighted by atomic mass is 32.1. The molecule has 0 unspecified atom stereocenters. The minimum Gasteiger partial charge on any atom is -0.464 e. The van der Waals surface area contributed by atoms with Crippen LogP contribution in [0.2, 0.25) is 0 Å². The molecule has 0 radical (unpaired) electrons. The molecule has 1 N–H and O–H groups in total. The monoisotopic (exact) mass is 408 g/mol. The third kappa shape index (κ3) is 5.09. The largest absolute Gasteiger partial charge is 0.464 e. The summed E-state index contributed by atoms with van der Waals surface area (Å²) in [6.07, 6.45) is 0.104. The molecule has 3 rings (SSSR count). The van der Waals surface area contributed by atoms with Gasteiger partial charge in [0.15, 0.2) is 0 Å². The second-order valence-corrected chi connectivity index (χ2v) is 7.98. The van der Waals surface area contributed by atoms with Crippen molar-refractivity contribution >= 4 is 23.2 Å². The Hall–Kier alpha value is -2.99. The summed E-state index contributed by atoms with van der Waals surface area (Å²) >= 11 is 1.50. The highest BCUT2D eigenvalue weighted by Gasteiger charge is 2.31. The number of nitrogens with one attached hydrogen (secondary N) is 1. The number of nitrogens with zero attached hydrogens (tertiary/aromatic N) is 1. The van der Waals surface area contributed by atoms with Gasteiger partial charge in [-0.3, -0.25) is 4.79 Å². The number of thiazole rings is 1. The van der Waals surface area contributed by atoms with Crippen LogP contribution in [0.5, 0.6) is 0 Å². The summed E-state index contributed by atoms with van der Waals surface area (Å²) in [6, 6.07) is 18.2. The van der Waals surface area contributed by atoms with Gasteiger partial charge < -0.3 is 10.1 Å². The van der Waals surface area contributed by atoms with E-state index in [0.717, 1.165) is 21.7 Å². The fourth-order valence-corrected chi connectivity index (χ4v) is 3.83. The summed E-state index contributed by atoms with van der Waals surface area (Å²) in [7, 11) is 0. The Morgan fingerprint density at radius 2 is 1.69 bits per heavy atom. The van der Waals surface area contributed by atoms with Crippen molar-refractivity contribution in [2.24, 2.45) is 0 Å². The van der Waals surface area contributed by atoms with E-state index in [2.05, 4.69) is 28.5 Å². The van der Waals surface area contributed by atoms with Crippen molar-refractivity contribution < 1.29 is 14.3 Å². The molecule has 0 saturated heterocycles. The molecular formula is C23H24N2O3S. The first-order chi connectivity index (χ1) is 13.9. The first-order valence-corrected chi connectivity index (χ1v) is 10.4. The maximum absolute atomic E-state index is 12.4. The number of hydrogen-bond donors (Lipinski definition) is 1. The molecule has 0 atom stereocenters. The molecule has 6 heteroatoms. The predicted octanol–water partition coefficient (Wildman–Crippen LogP) is 4.48. The molecule has 1 heterocycles. The standard InChI is InChI=1S/C23H24N2O3S/c1-4-28-22(27)23(2,3)25-20(26)14-17-15-29-21(24-17)19-13-9-8-12-18(19)16-10-6-5-7-11-16/h5-13,15H,4,14H2,1-3H3,(H,25,26). The Bertz CT molecular complexity index is 996. The number of hydrogen-bond acceptors (Lipinski definition) is 5. The molecule has 5 nitrogen and oxygen atoms in total.